The molecule has 10 nitrogen and oxygen atoms in total. The van der Waals surface area contributed by atoms with E-state index in [0.717, 1.165) is 4.31 Å². The molecule has 3 rings (SSSR count). The van der Waals surface area contributed by atoms with Gasteiger partial charge < -0.3 is 11.1 Å². The lowest BCUT2D eigenvalue weighted by Gasteiger charge is -2.32. The summed E-state index contributed by atoms with van der Waals surface area (Å²) >= 11 is 1.17. The van der Waals surface area contributed by atoms with E-state index in [2.05, 4.69) is 25.1 Å². The maximum absolute atomic E-state index is 12.5. The topological polar surface area (TPSA) is 135 Å². The number of hydrogen-bond acceptors (Lipinski definition) is 8. The first kappa shape index (κ1) is 19.7. The van der Waals surface area contributed by atoms with Gasteiger partial charge in [-0.2, -0.15) is 0 Å². The van der Waals surface area contributed by atoms with Crippen molar-refractivity contribution in [2.24, 2.45) is 10.7 Å². The van der Waals surface area contributed by atoms with Crippen LogP contribution in [0.2, 0.25) is 0 Å². The normalized spacial score (nSPS) is 20.9. The molecule has 0 unspecified atom stereocenters. The van der Waals surface area contributed by atoms with Crippen LogP contribution in [0.25, 0.3) is 4.85 Å². The Kier molecular flexibility index (Phi) is 4.82. The molecule has 0 saturated carbocycles. The predicted molar refractivity (Wildman–Crippen MR) is 106 cm³/mol. The van der Waals surface area contributed by atoms with E-state index in [-0.39, 0.29) is 23.2 Å². The van der Waals surface area contributed by atoms with E-state index in [4.69, 9.17) is 12.3 Å². The first-order valence-electron chi connectivity index (χ1n) is 7.99. The van der Waals surface area contributed by atoms with Crippen LogP contribution in [0.4, 0.5) is 11.5 Å². The number of aryl methyl sites for hydroxylation is 1. The first-order chi connectivity index (χ1) is 13.1. The van der Waals surface area contributed by atoms with Crippen LogP contribution in [0.3, 0.4) is 0 Å². The summed E-state index contributed by atoms with van der Waals surface area (Å²) in [5.74, 6) is -0.618. The molecule has 0 fully saturated rings. The van der Waals surface area contributed by atoms with Crippen molar-refractivity contribution < 1.29 is 13.2 Å². The van der Waals surface area contributed by atoms with Crippen molar-refractivity contribution in [1.29, 1.82) is 0 Å². The summed E-state index contributed by atoms with van der Waals surface area (Å²) in [6.45, 7) is 10.3. The smallest absolute Gasteiger partial charge is 0.275 e. The van der Waals surface area contributed by atoms with Gasteiger partial charge in [0.05, 0.1) is 6.57 Å². The highest BCUT2D eigenvalue weighted by Gasteiger charge is 2.42. The number of rotatable bonds is 3. The second-order valence-electron chi connectivity index (χ2n) is 6.43. The number of aliphatic imine (C=N–C) groups is 1. The number of carbonyl (C=O) groups is 1. The Balaban J connectivity index is 1.85. The molecule has 1 amide bonds. The Morgan fingerprint density at radius 1 is 1.50 bits per heavy atom. The van der Waals surface area contributed by atoms with Gasteiger partial charge in [0.1, 0.15) is 27.8 Å². The van der Waals surface area contributed by atoms with E-state index in [1.165, 1.54) is 24.6 Å². The zero-order valence-corrected chi connectivity index (χ0v) is 16.9. The molecule has 3 heterocycles. The summed E-state index contributed by atoms with van der Waals surface area (Å²) in [5.41, 5.74) is 5.69. The van der Waals surface area contributed by atoms with E-state index in [1.54, 1.807) is 25.3 Å². The minimum Gasteiger partial charge on any atom is -0.369 e. The van der Waals surface area contributed by atoms with Gasteiger partial charge in [0.15, 0.2) is 0 Å². The van der Waals surface area contributed by atoms with Gasteiger partial charge in [-0.15, -0.1) is 11.3 Å². The molecular formula is C16H17N7O3S2. The molecule has 1 aliphatic rings. The number of nitrogens with two attached hydrogens (primary N) is 1. The van der Waals surface area contributed by atoms with Crippen LogP contribution in [0.5, 0.6) is 0 Å². The highest BCUT2D eigenvalue weighted by Crippen LogP contribution is 2.34. The largest absolute Gasteiger partial charge is 0.369 e. The summed E-state index contributed by atoms with van der Waals surface area (Å²) in [5, 5.41) is 4.64. The lowest BCUT2D eigenvalue weighted by molar-refractivity contribution is 0.102. The third-order valence-corrected chi connectivity index (χ3v) is 7.22. The second kappa shape index (κ2) is 6.84. The summed E-state index contributed by atoms with van der Waals surface area (Å²) < 4.78 is 25.5. The molecule has 2 aromatic rings. The maximum atomic E-state index is 12.5. The van der Waals surface area contributed by atoms with Crippen molar-refractivity contribution in [3.63, 3.8) is 0 Å². The fraction of sp³-hybridized carbons (Fsp3) is 0.312. The van der Waals surface area contributed by atoms with Gasteiger partial charge in [-0.1, -0.05) is 0 Å². The highest BCUT2D eigenvalue weighted by atomic mass is 32.2. The summed E-state index contributed by atoms with van der Waals surface area (Å²) in [7, 11) is -2.27. The Labute approximate surface area is 166 Å². The Hall–Kier alpha value is -3.04. The average molecular weight is 419 g/mol. The minimum atomic E-state index is -3.61. The van der Waals surface area contributed by atoms with E-state index in [0.29, 0.717) is 16.3 Å². The zero-order valence-electron chi connectivity index (χ0n) is 15.3. The van der Waals surface area contributed by atoms with Crippen molar-refractivity contribution in [2.45, 2.75) is 19.4 Å². The van der Waals surface area contributed by atoms with Crippen molar-refractivity contribution in [3.05, 3.63) is 45.3 Å². The zero-order chi connectivity index (χ0) is 20.7. The molecule has 146 valence electrons. The van der Waals surface area contributed by atoms with Crippen molar-refractivity contribution in [3.8, 4) is 0 Å². The molecular weight excluding hydrogens is 402 g/mol. The molecule has 0 aliphatic carbocycles. The highest BCUT2D eigenvalue weighted by molar-refractivity contribution is 7.89. The lowest BCUT2D eigenvalue weighted by Crippen LogP contribution is -2.50. The molecule has 0 saturated heterocycles. The number of sulfonamides is 1. The van der Waals surface area contributed by atoms with E-state index in [9.17, 15) is 13.2 Å². The quantitative estimate of drug-likeness (QED) is 0.723. The molecule has 0 aromatic carbocycles. The molecule has 12 heteroatoms. The van der Waals surface area contributed by atoms with Crippen LogP contribution in [-0.2, 0) is 15.6 Å². The number of anilines is 1. The number of nitrogens with zero attached hydrogens (tertiary/aromatic N) is 5. The molecule has 1 atom stereocenters. The summed E-state index contributed by atoms with van der Waals surface area (Å²) in [6, 6.07) is 1.57. The monoisotopic (exact) mass is 419 g/mol. The van der Waals surface area contributed by atoms with Gasteiger partial charge in [-0.25, -0.2) is 27.5 Å². The van der Waals surface area contributed by atoms with Crippen LogP contribution < -0.4 is 11.1 Å². The molecule has 0 radical (unpaired) electrons. The molecule has 0 spiro atoms. The Morgan fingerprint density at radius 2 is 2.21 bits per heavy atom. The SMILES string of the molecule is [C-]#[N+]c1cnc(C(=O)Nc2csc([C@]3(C)CS(=O)(=O)N(C)C(N)=N3)n2)c(C)c1. The Bertz CT molecular complexity index is 1130. The number of carbonyl (C=O) groups excluding carboxylic acids is 1. The van der Waals surface area contributed by atoms with E-state index >= 15 is 0 Å². The van der Waals surface area contributed by atoms with Crippen LogP contribution >= 0.6 is 11.3 Å². The lowest BCUT2D eigenvalue weighted by atomic mass is 10.1. The fourth-order valence-corrected chi connectivity index (χ4v) is 5.05. The number of thiazole rings is 1. The molecule has 1 aliphatic heterocycles. The summed E-state index contributed by atoms with van der Waals surface area (Å²) in [4.78, 5) is 28.4. The molecule has 2 aromatic heterocycles. The summed E-state index contributed by atoms with van der Waals surface area (Å²) in [6.07, 6.45) is 1.32. The van der Waals surface area contributed by atoms with Crippen molar-refractivity contribution in [1.82, 2.24) is 14.3 Å². The second-order valence-corrected chi connectivity index (χ2v) is 9.29. The number of hydrogen-bond donors (Lipinski definition) is 2. The molecule has 28 heavy (non-hydrogen) atoms. The third kappa shape index (κ3) is 3.54. The number of guanidine groups is 1. The van der Waals surface area contributed by atoms with Gasteiger partial charge in [0, 0.05) is 18.6 Å². The van der Waals surface area contributed by atoms with Gasteiger partial charge in [-0.3, -0.25) is 9.78 Å². The van der Waals surface area contributed by atoms with Gasteiger partial charge in [0.2, 0.25) is 21.7 Å². The van der Waals surface area contributed by atoms with Gasteiger partial charge >= 0.3 is 0 Å². The standard InChI is InChI=1S/C16H17N7O3S2/c1-9-5-10(18-3)6-19-12(9)13(24)20-11-7-27-14(21-11)16(2)8-28(25,26)23(4)15(17)22-16/h5-7H,8H2,1-2,4H3,(H2,17,22)(H,20,24)/t16-/m0/s1. The third-order valence-electron chi connectivity index (χ3n) is 4.18. The van der Waals surface area contributed by atoms with E-state index in [1.807, 2.05) is 0 Å². The first-order valence-corrected chi connectivity index (χ1v) is 10.5. The maximum Gasteiger partial charge on any atom is 0.275 e. The minimum absolute atomic E-state index is 0.116. The van der Waals surface area contributed by atoms with Crippen LogP contribution in [0, 0.1) is 13.5 Å². The van der Waals surface area contributed by atoms with Crippen LogP contribution in [0.15, 0.2) is 22.6 Å². The van der Waals surface area contributed by atoms with Crippen LogP contribution in [-0.4, -0.2) is 47.4 Å². The number of nitrogens with one attached hydrogen (secondary N) is 1. The van der Waals surface area contributed by atoms with Gasteiger partial charge in [-0.05, 0) is 25.5 Å². The number of aromatic nitrogens is 2. The number of pyridine rings is 1. The number of amides is 1. The Morgan fingerprint density at radius 3 is 2.82 bits per heavy atom. The van der Waals surface area contributed by atoms with Crippen molar-refractivity contribution >= 4 is 44.7 Å². The van der Waals surface area contributed by atoms with Gasteiger partial charge in [0.25, 0.3) is 5.91 Å². The van der Waals surface area contributed by atoms with E-state index < -0.39 is 21.5 Å². The van der Waals surface area contributed by atoms with Crippen molar-refractivity contribution in [2.75, 3.05) is 18.1 Å². The molecule has 3 N–H and O–H groups in total. The average Bonchev–Trinajstić information content (AvgIpc) is 3.08. The van der Waals surface area contributed by atoms with Crippen LogP contribution in [0.1, 0.15) is 28.0 Å². The molecule has 0 bridgehead atoms. The fourth-order valence-electron chi connectivity index (χ4n) is 2.67. The predicted octanol–water partition coefficient (Wildman–Crippen LogP) is 1.45.